The third-order valence-electron chi connectivity index (χ3n) is 5.19. The van der Waals surface area contributed by atoms with E-state index in [1.54, 1.807) is 0 Å². The maximum atomic E-state index is 12.3. The van der Waals surface area contributed by atoms with Crippen molar-refractivity contribution in [2.75, 3.05) is 12.3 Å². The van der Waals surface area contributed by atoms with Gasteiger partial charge in [-0.05, 0) is 30.7 Å². The molecule has 0 bridgehead atoms. The summed E-state index contributed by atoms with van der Waals surface area (Å²) in [5.41, 5.74) is 0.910. The minimum atomic E-state index is -3.40. The number of halogens is 1. The van der Waals surface area contributed by atoms with Gasteiger partial charge in [0.1, 0.15) is 0 Å². The molecule has 8 heteroatoms. The van der Waals surface area contributed by atoms with Crippen molar-refractivity contribution in [1.82, 2.24) is 15.4 Å². The molecule has 3 rings (SSSR count). The molecule has 1 saturated heterocycles. The first-order chi connectivity index (χ1) is 12.0. The molecule has 3 unspecified atom stereocenters. The van der Waals surface area contributed by atoms with Gasteiger partial charge in [-0.2, -0.15) is 0 Å². The van der Waals surface area contributed by atoms with Gasteiger partial charge in [0.25, 0.3) is 0 Å². The normalized spacial score (nSPS) is 25.2. The van der Waals surface area contributed by atoms with Crippen LogP contribution in [-0.2, 0) is 21.4 Å². The zero-order valence-corrected chi connectivity index (χ0v) is 16.4. The molecule has 26 heavy (non-hydrogen) atoms. The number of hydrogen-bond donors (Lipinski definition) is 3. The summed E-state index contributed by atoms with van der Waals surface area (Å²) in [5.74, 6) is 0.416. The zero-order valence-electron chi connectivity index (χ0n) is 14.8. The zero-order chi connectivity index (χ0) is 17.7. The van der Waals surface area contributed by atoms with E-state index < -0.39 is 10.0 Å². The molecule has 1 aromatic carbocycles. The third-order valence-corrected chi connectivity index (χ3v) is 6.51. The summed E-state index contributed by atoms with van der Waals surface area (Å²) in [6, 6.07) is 9.66. The van der Waals surface area contributed by atoms with Gasteiger partial charge in [-0.1, -0.05) is 43.2 Å². The lowest BCUT2D eigenvalue weighted by Gasteiger charge is -2.24. The highest BCUT2D eigenvalue weighted by atomic mass is 35.5. The predicted molar refractivity (Wildman–Crippen MR) is 105 cm³/mol. The molecule has 2 aliphatic rings. The van der Waals surface area contributed by atoms with Gasteiger partial charge in [0.05, 0.1) is 11.8 Å². The van der Waals surface area contributed by atoms with Gasteiger partial charge in [0, 0.05) is 19.1 Å². The second kappa shape index (κ2) is 9.69. The molecule has 3 N–H and O–H groups in total. The van der Waals surface area contributed by atoms with E-state index in [1.807, 2.05) is 30.3 Å². The Morgan fingerprint density at radius 2 is 1.88 bits per heavy atom. The van der Waals surface area contributed by atoms with Gasteiger partial charge >= 0.3 is 0 Å². The molecule has 1 heterocycles. The molecule has 2 fully saturated rings. The molecule has 0 spiro atoms. The van der Waals surface area contributed by atoms with Crippen LogP contribution in [0.25, 0.3) is 0 Å². The second-order valence-corrected chi connectivity index (χ2v) is 8.95. The Bertz CT molecular complexity index is 670. The van der Waals surface area contributed by atoms with Crippen LogP contribution in [-0.4, -0.2) is 38.7 Å². The lowest BCUT2D eigenvalue weighted by Crippen LogP contribution is -2.44. The van der Waals surface area contributed by atoms with Crippen molar-refractivity contribution < 1.29 is 13.2 Å². The average Bonchev–Trinajstić information content (AvgIpc) is 3.05. The Hall–Kier alpha value is -1.15. The molecule has 1 saturated carbocycles. The van der Waals surface area contributed by atoms with Crippen molar-refractivity contribution in [2.24, 2.45) is 5.92 Å². The minimum Gasteiger partial charge on any atom is -0.354 e. The summed E-state index contributed by atoms with van der Waals surface area (Å²) in [4.78, 5) is 12.3. The van der Waals surface area contributed by atoms with Gasteiger partial charge in [-0.3, -0.25) is 4.79 Å². The number of carbonyl (C=O) groups is 1. The highest BCUT2D eigenvalue weighted by molar-refractivity contribution is 7.89. The van der Waals surface area contributed by atoms with Crippen molar-refractivity contribution in [1.29, 1.82) is 0 Å². The van der Waals surface area contributed by atoms with Crippen LogP contribution in [0.15, 0.2) is 30.3 Å². The van der Waals surface area contributed by atoms with Crippen LogP contribution >= 0.6 is 12.4 Å². The van der Waals surface area contributed by atoms with Crippen LogP contribution in [0.4, 0.5) is 0 Å². The lowest BCUT2D eigenvalue weighted by atomic mass is 9.85. The van der Waals surface area contributed by atoms with Gasteiger partial charge in [0.2, 0.25) is 15.9 Å². The molecule has 6 nitrogen and oxygen atoms in total. The van der Waals surface area contributed by atoms with Gasteiger partial charge in [0.15, 0.2) is 0 Å². The fraction of sp³-hybridized carbons (Fsp3) is 0.611. The van der Waals surface area contributed by atoms with E-state index in [1.165, 1.54) is 19.3 Å². The molecular formula is C18H28ClN3O3S. The van der Waals surface area contributed by atoms with E-state index in [2.05, 4.69) is 15.4 Å². The lowest BCUT2D eigenvalue weighted by molar-refractivity contribution is -0.122. The largest absolute Gasteiger partial charge is 0.354 e. The number of sulfonamides is 1. The summed E-state index contributed by atoms with van der Waals surface area (Å²) in [6.07, 6.45) is 5.69. The Morgan fingerprint density at radius 3 is 2.62 bits per heavy atom. The van der Waals surface area contributed by atoms with Crippen LogP contribution in [0.2, 0.25) is 0 Å². The van der Waals surface area contributed by atoms with E-state index in [0.717, 1.165) is 18.4 Å². The summed E-state index contributed by atoms with van der Waals surface area (Å²) >= 11 is 0. The molecule has 0 radical (unpaired) electrons. The minimum absolute atomic E-state index is 0. The Morgan fingerprint density at radius 1 is 1.15 bits per heavy atom. The van der Waals surface area contributed by atoms with Crippen LogP contribution in [0.1, 0.15) is 37.7 Å². The first-order valence-electron chi connectivity index (χ1n) is 9.08. The fourth-order valence-electron chi connectivity index (χ4n) is 3.81. The standard InChI is InChI=1S/C18H27N3O3S.ClH/c22-18(17-12-15-8-4-5-9-16(15)21-17)19-10-11-25(23,24)20-13-14-6-2-1-3-7-14;/h1-3,6-7,15-17,20-21H,4-5,8-13H2,(H,19,22);1H. The van der Waals surface area contributed by atoms with Crippen molar-refractivity contribution in [2.45, 2.75) is 50.7 Å². The summed E-state index contributed by atoms with van der Waals surface area (Å²) in [5, 5.41) is 6.18. The summed E-state index contributed by atoms with van der Waals surface area (Å²) < 4.78 is 26.6. The number of rotatable bonds is 7. The molecular weight excluding hydrogens is 374 g/mol. The number of fused-ring (bicyclic) bond motifs is 1. The van der Waals surface area contributed by atoms with Crippen LogP contribution < -0.4 is 15.4 Å². The Balaban J connectivity index is 0.00000243. The van der Waals surface area contributed by atoms with Crippen LogP contribution in [0.5, 0.6) is 0 Å². The van der Waals surface area contributed by atoms with E-state index in [9.17, 15) is 13.2 Å². The Labute approximate surface area is 162 Å². The van der Waals surface area contributed by atoms with Crippen molar-refractivity contribution in [3.63, 3.8) is 0 Å². The second-order valence-electron chi connectivity index (χ2n) is 7.02. The summed E-state index contributed by atoms with van der Waals surface area (Å²) in [6.45, 7) is 0.404. The van der Waals surface area contributed by atoms with Gasteiger partial charge in [-0.15, -0.1) is 12.4 Å². The number of amides is 1. The Kier molecular flexibility index (Phi) is 7.88. The molecule has 1 aliphatic heterocycles. The topological polar surface area (TPSA) is 87.3 Å². The van der Waals surface area contributed by atoms with E-state index in [-0.39, 0.29) is 43.2 Å². The van der Waals surface area contributed by atoms with E-state index in [0.29, 0.717) is 12.0 Å². The van der Waals surface area contributed by atoms with E-state index >= 15 is 0 Å². The van der Waals surface area contributed by atoms with Crippen molar-refractivity contribution in [3.05, 3.63) is 35.9 Å². The quantitative estimate of drug-likeness (QED) is 0.647. The highest BCUT2D eigenvalue weighted by Crippen LogP contribution is 2.33. The average molecular weight is 402 g/mol. The van der Waals surface area contributed by atoms with Gasteiger partial charge < -0.3 is 10.6 Å². The summed E-state index contributed by atoms with van der Waals surface area (Å²) in [7, 11) is -3.40. The van der Waals surface area contributed by atoms with Gasteiger partial charge in [-0.25, -0.2) is 13.1 Å². The monoisotopic (exact) mass is 401 g/mol. The first kappa shape index (κ1) is 21.2. The number of benzene rings is 1. The highest BCUT2D eigenvalue weighted by Gasteiger charge is 2.38. The first-order valence-corrected chi connectivity index (χ1v) is 10.7. The molecule has 146 valence electrons. The van der Waals surface area contributed by atoms with Crippen molar-refractivity contribution >= 4 is 28.3 Å². The maximum absolute atomic E-state index is 12.3. The number of carbonyl (C=O) groups excluding carboxylic acids is 1. The van der Waals surface area contributed by atoms with E-state index in [4.69, 9.17) is 0 Å². The SMILES string of the molecule is Cl.O=C(NCCS(=O)(=O)NCc1ccccc1)C1CC2CCCCC2N1. The molecule has 1 aromatic rings. The van der Waals surface area contributed by atoms with Crippen LogP contribution in [0, 0.1) is 5.92 Å². The van der Waals surface area contributed by atoms with Crippen molar-refractivity contribution in [3.8, 4) is 0 Å². The number of hydrogen-bond acceptors (Lipinski definition) is 4. The molecule has 0 aromatic heterocycles. The fourth-order valence-corrected chi connectivity index (χ4v) is 4.72. The third kappa shape index (κ3) is 5.94. The van der Waals surface area contributed by atoms with Crippen LogP contribution in [0.3, 0.4) is 0 Å². The predicted octanol–water partition coefficient (Wildman–Crippen LogP) is 1.56. The maximum Gasteiger partial charge on any atom is 0.237 e. The molecule has 3 atom stereocenters. The smallest absolute Gasteiger partial charge is 0.237 e. The molecule has 1 aliphatic carbocycles. The molecule has 1 amide bonds. The number of nitrogens with one attached hydrogen (secondary N) is 3.